The second-order valence-electron chi connectivity index (χ2n) is 5.45. The molecule has 1 aliphatic rings. The molecule has 1 saturated heterocycles. The van der Waals surface area contributed by atoms with Gasteiger partial charge in [0.1, 0.15) is 11.5 Å². The van der Waals surface area contributed by atoms with Crippen LogP contribution in [0.25, 0.3) is 0 Å². The predicted octanol–water partition coefficient (Wildman–Crippen LogP) is 1.58. The fraction of sp³-hybridized carbons (Fsp3) is 0.600. The van der Waals surface area contributed by atoms with Crippen LogP contribution >= 0.6 is 0 Å². The monoisotopic (exact) mass is 276 g/mol. The molecule has 2 rings (SSSR count). The number of hydrogen-bond donors (Lipinski definition) is 2. The average molecular weight is 276 g/mol. The Kier molecular flexibility index (Phi) is 5.35. The van der Waals surface area contributed by atoms with Crippen molar-refractivity contribution in [2.24, 2.45) is 5.92 Å². The first-order chi connectivity index (χ1) is 9.69. The zero-order valence-corrected chi connectivity index (χ0v) is 12.4. The first-order valence-electron chi connectivity index (χ1n) is 7.30. The van der Waals surface area contributed by atoms with E-state index in [4.69, 9.17) is 0 Å². The van der Waals surface area contributed by atoms with Crippen molar-refractivity contribution in [1.82, 2.24) is 15.2 Å². The minimum atomic E-state index is -0.0879. The highest BCUT2D eigenvalue weighted by Crippen LogP contribution is 2.18. The summed E-state index contributed by atoms with van der Waals surface area (Å²) in [7, 11) is 3.96. The van der Waals surface area contributed by atoms with Gasteiger partial charge in [0.2, 0.25) is 0 Å². The van der Waals surface area contributed by atoms with Crippen LogP contribution in [0.2, 0.25) is 0 Å². The second kappa shape index (κ2) is 7.24. The fourth-order valence-corrected chi connectivity index (χ4v) is 2.53. The summed E-state index contributed by atoms with van der Waals surface area (Å²) in [6, 6.07) is 5.42. The Morgan fingerprint density at radius 2 is 2.15 bits per heavy atom. The average Bonchev–Trinajstić information content (AvgIpc) is 2.49. The van der Waals surface area contributed by atoms with Crippen molar-refractivity contribution < 1.29 is 4.79 Å². The smallest absolute Gasteiger partial charge is 0.269 e. The van der Waals surface area contributed by atoms with Gasteiger partial charge in [-0.1, -0.05) is 6.07 Å². The molecule has 0 bridgehead atoms. The largest absolute Gasteiger partial charge is 0.373 e. The van der Waals surface area contributed by atoms with E-state index in [1.165, 1.54) is 25.9 Å². The molecule has 1 aromatic rings. The number of likely N-dealkylation sites (tertiary alicyclic amines) is 1. The molecular formula is C15H24N4O. The van der Waals surface area contributed by atoms with Crippen molar-refractivity contribution in [2.45, 2.75) is 19.3 Å². The van der Waals surface area contributed by atoms with E-state index in [0.717, 1.165) is 18.9 Å². The zero-order chi connectivity index (χ0) is 14.4. The number of carbonyl (C=O) groups is 1. The molecule has 110 valence electrons. The quantitative estimate of drug-likeness (QED) is 0.857. The van der Waals surface area contributed by atoms with Gasteiger partial charge in [-0.05, 0) is 57.5 Å². The van der Waals surface area contributed by atoms with E-state index in [1.54, 1.807) is 13.1 Å². The van der Waals surface area contributed by atoms with Crippen molar-refractivity contribution in [3.63, 3.8) is 0 Å². The lowest BCUT2D eigenvalue weighted by Gasteiger charge is -2.28. The van der Waals surface area contributed by atoms with Crippen LogP contribution in [0.15, 0.2) is 18.2 Å². The number of nitrogens with zero attached hydrogens (tertiary/aromatic N) is 2. The number of nitrogens with one attached hydrogen (secondary N) is 2. The molecule has 5 heteroatoms. The van der Waals surface area contributed by atoms with Crippen LogP contribution in [0, 0.1) is 5.92 Å². The lowest BCUT2D eigenvalue weighted by Crippen LogP contribution is -2.32. The molecular weight excluding hydrogens is 252 g/mol. The summed E-state index contributed by atoms with van der Waals surface area (Å²) in [4.78, 5) is 18.6. The van der Waals surface area contributed by atoms with E-state index in [1.807, 2.05) is 12.1 Å². The molecule has 2 N–H and O–H groups in total. The summed E-state index contributed by atoms with van der Waals surface area (Å²) in [6.07, 6.45) is 3.53. The molecule has 1 aliphatic heterocycles. The Balaban J connectivity index is 1.74. The van der Waals surface area contributed by atoms with Gasteiger partial charge in [-0.3, -0.25) is 4.79 Å². The fourth-order valence-electron chi connectivity index (χ4n) is 2.53. The summed E-state index contributed by atoms with van der Waals surface area (Å²) in [5.74, 6) is 1.37. The van der Waals surface area contributed by atoms with E-state index in [9.17, 15) is 4.79 Å². The number of hydrogen-bond acceptors (Lipinski definition) is 4. The van der Waals surface area contributed by atoms with Gasteiger partial charge in [-0.25, -0.2) is 4.98 Å². The minimum absolute atomic E-state index is 0.0879. The maximum atomic E-state index is 12.0. The topological polar surface area (TPSA) is 57.3 Å². The normalized spacial score (nSPS) is 16.9. The molecule has 0 spiro atoms. The maximum Gasteiger partial charge on any atom is 0.269 e. The lowest BCUT2D eigenvalue weighted by atomic mass is 9.94. The van der Waals surface area contributed by atoms with E-state index in [2.05, 4.69) is 27.6 Å². The number of aromatic nitrogens is 1. The van der Waals surface area contributed by atoms with Crippen molar-refractivity contribution >= 4 is 11.7 Å². The Morgan fingerprint density at radius 1 is 1.40 bits per heavy atom. The molecule has 5 nitrogen and oxygen atoms in total. The standard InChI is InChI=1S/C15H24N4O/c1-16-14-5-3-4-13(18-14)15(20)17-9-6-12-7-10-19(2)11-8-12/h3-5,12H,6-11H2,1-2H3,(H,16,18)(H,17,20). The molecule has 0 aromatic carbocycles. The third-order valence-corrected chi connectivity index (χ3v) is 3.91. The summed E-state index contributed by atoms with van der Waals surface area (Å²) in [5.41, 5.74) is 0.472. The van der Waals surface area contributed by atoms with Gasteiger partial charge in [0, 0.05) is 13.6 Å². The van der Waals surface area contributed by atoms with Crippen LogP contribution < -0.4 is 10.6 Å². The third kappa shape index (κ3) is 4.20. The highest BCUT2D eigenvalue weighted by Gasteiger charge is 2.16. The first kappa shape index (κ1) is 14.8. The number of pyridine rings is 1. The highest BCUT2D eigenvalue weighted by atomic mass is 16.1. The number of carbonyl (C=O) groups excluding carboxylic acids is 1. The van der Waals surface area contributed by atoms with E-state index in [-0.39, 0.29) is 5.91 Å². The third-order valence-electron chi connectivity index (χ3n) is 3.91. The molecule has 1 aromatic heterocycles. The Morgan fingerprint density at radius 3 is 2.85 bits per heavy atom. The van der Waals surface area contributed by atoms with Gasteiger partial charge in [0.05, 0.1) is 0 Å². The van der Waals surface area contributed by atoms with Gasteiger partial charge < -0.3 is 15.5 Å². The highest BCUT2D eigenvalue weighted by molar-refractivity contribution is 5.92. The lowest BCUT2D eigenvalue weighted by molar-refractivity contribution is 0.0944. The van der Waals surface area contributed by atoms with Crippen LogP contribution in [-0.4, -0.2) is 49.5 Å². The van der Waals surface area contributed by atoms with Gasteiger partial charge in [0.25, 0.3) is 5.91 Å². The molecule has 20 heavy (non-hydrogen) atoms. The Labute approximate surface area is 120 Å². The number of piperidine rings is 1. The van der Waals surface area contributed by atoms with Gasteiger partial charge in [-0.15, -0.1) is 0 Å². The van der Waals surface area contributed by atoms with E-state index < -0.39 is 0 Å². The molecule has 0 radical (unpaired) electrons. The van der Waals surface area contributed by atoms with Crippen molar-refractivity contribution in [2.75, 3.05) is 39.0 Å². The molecule has 0 aliphatic carbocycles. The van der Waals surface area contributed by atoms with Crippen molar-refractivity contribution in [1.29, 1.82) is 0 Å². The molecule has 1 amide bonds. The minimum Gasteiger partial charge on any atom is -0.373 e. The number of amides is 1. The van der Waals surface area contributed by atoms with Gasteiger partial charge in [-0.2, -0.15) is 0 Å². The van der Waals surface area contributed by atoms with Gasteiger partial charge in [0.15, 0.2) is 0 Å². The molecule has 2 heterocycles. The zero-order valence-electron chi connectivity index (χ0n) is 12.4. The van der Waals surface area contributed by atoms with Gasteiger partial charge >= 0.3 is 0 Å². The Hall–Kier alpha value is -1.62. The molecule has 1 fully saturated rings. The van der Waals surface area contributed by atoms with E-state index in [0.29, 0.717) is 11.5 Å². The van der Waals surface area contributed by atoms with Crippen LogP contribution in [0.4, 0.5) is 5.82 Å². The number of anilines is 1. The molecule has 0 unspecified atom stereocenters. The maximum absolute atomic E-state index is 12.0. The molecule has 0 atom stereocenters. The summed E-state index contributed by atoms with van der Waals surface area (Å²) in [5, 5.41) is 5.90. The summed E-state index contributed by atoms with van der Waals surface area (Å²) >= 11 is 0. The predicted molar refractivity (Wildman–Crippen MR) is 81.0 cm³/mol. The van der Waals surface area contributed by atoms with Crippen LogP contribution in [0.3, 0.4) is 0 Å². The second-order valence-corrected chi connectivity index (χ2v) is 5.45. The van der Waals surface area contributed by atoms with Crippen LogP contribution in [-0.2, 0) is 0 Å². The number of rotatable bonds is 5. The Bertz CT molecular complexity index is 441. The summed E-state index contributed by atoms with van der Waals surface area (Å²) in [6.45, 7) is 3.08. The van der Waals surface area contributed by atoms with Crippen LogP contribution in [0.1, 0.15) is 29.8 Å². The van der Waals surface area contributed by atoms with Crippen molar-refractivity contribution in [3.8, 4) is 0 Å². The van der Waals surface area contributed by atoms with Crippen LogP contribution in [0.5, 0.6) is 0 Å². The van der Waals surface area contributed by atoms with Crippen molar-refractivity contribution in [3.05, 3.63) is 23.9 Å². The molecule has 0 saturated carbocycles. The first-order valence-corrected chi connectivity index (χ1v) is 7.30. The van der Waals surface area contributed by atoms with E-state index >= 15 is 0 Å². The summed E-state index contributed by atoms with van der Waals surface area (Å²) < 4.78 is 0. The SMILES string of the molecule is CNc1cccc(C(=O)NCCC2CCN(C)CC2)n1.